The number of thioether (sulfide) groups is 1. The van der Waals surface area contributed by atoms with Gasteiger partial charge in [0.25, 0.3) is 0 Å². The summed E-state index contributed by atoms with van der Waals surface area (Å²) in [5.41, 5.74) is 1.96. The number of rotatable bonds is 7. The molecule has 0 spiro atoms. The van der Waals surface area contributed by atoms with Crippen LogP contribution in [0, 0.1) is 0 Å². The van der Waals surface area contributed by atoms with Crippen LogP contribution < -0.4 is 15.9 Å². The lowest BCUT2D eigenvalue weighted by Gasteiger charge is -2.26. The van der Waals surface area contributed by atoms with E-state index in [2.05, 4.69) is 128 Å². The summed E-state index contributed by atoms with van der Waals surface area (Å²) in [6.07, 6.45) is 0. The van der Waals surface area contributed by atoms with Crippen molar-refractivity contribution in [2.45, 2.75) is 24.0 Å². The Morgan fingerprint density at radius 2 is 1.06 bits per heavy atom. The van der Waals surface area contributed by atoms with Crippen LogP contribution in [0.15, 0.2) is 137 Å². The highest BCUT2D eigenvalue weighted by molar-refractivity contribution is 8.00. The van der Waals surface area contributed by atoms with Crippen LogP contribution in [0.3, 0.4) is 0 Å². The van der Waals surface area contributed by atoms with Crippen LogP contribution >= 0.6 is 18.8 Å². The van der Waals surface area contributed by atoms with E-state index in [1.165, 1.54) is 15.9 Å². The Bertz CT molecular complexity index is 1370. The van der Waals surface area contributed by atoms with Crippen molar-refractivity contribution in [3.63, 3.8) is 0 Å². The molecule has 0 radical (unpaired) electrons. The monoisotopic (exact) mass is 505 g/mol. The molecule has 0 saturated carbocycles. The summed E-state index contributed by atoms with van der Waals surface area (Å²) < 4.78 is 5.53. The molecule has 0 fully saturated rings. The van der Waals surface area contributed by atoms with Crippen LogP contribution in [0.2, 0.25) is 0 Å². The van der Waals surface area contributed by atoms with Crippen molar-refractivity contribution in [3.8, 4) is 11.3 Å². The van der Waals surface area contributed by atoms with Gasteiger partial charge in [-0.25, -0.2) is 4.74 Å². The predicted octanol–water partition coefficient (Wildman–Crippen LogP) is 7.45. The van der Waals surface area contributed by atoms with Gasteiger partial charge in [0.05, 0.1) is 7.05 Å². The summed E-state index contributed by atoms with van der Waals surface area (Å²) in [5.74, 6) is 0.655. The molecule has 1 aromatic heterocycles. The Hall–Kier alpha value is -3.46. The highest BCUT2D eigenvalue weighted by atomic mass is 32.2. The van der Waals surface area contributed by atoms with E-state index in [4.69, 9.17) is 9.84 Å². The van der Waals surface area contributed by atoms with E-state index in [-0.39, 0.29) is 0 Å². The average Bonchev–Trinajstić information content (AvgIpc) is 2.93. The molecule has 4 aromatic carbocycles. The van der Waals surface area contributed by atoms with E-state index in [0.29, 0.717) is 11.1 Å². The lowest BCUT2D eigenvalue weighted by molar-refractivity contribution is 0.998. The molecule has 0 N–H and O–H groups in total. The van der Waals surface area contributed by atoms with Gasteiger partial charge in [-0.05, 0) is 0 Å². The summed E-state index contributed by atoms with van der Waals surface area (Å²) >= 11 is 1.80. The maximum absolute atomic E-state index is 5.53. The van der Waals surface area contributed by atoms with E-state index in [1.54, 1.807) is 11.8 Å². The minimum absolute atomic E-state index is 0.404. The molecule has 0 amide bonds. The van der Waals surface area contributed by atoms with Gasteiger partial charge >= 0.3 is 0 Å². The fourth-order valence-electron chi connectivity index (χ4n) is 4.26. The summed E-state index contributed by atoms with van der Waals surface area (Å²) in [4.78, 5) is 1.09. The van der Waals surface area contributed by atoms with Crippen molar-refractivity contribution in [3.05, 3.63) is 127 Å². The second-order valence-electron chi connectivity index (χ2n) is 8.69. The zero-order chi connectivity index (χ0) is 24.8. The summed E-state index contributed by atoms with van der Waals surface area (Å²) in [6, 6.07) is 44.2. The predicted molar refractivity (Wildman–Crippen MR) is 156 cm³/mol. The van der Waals surface area contributed by atoms with Crippen molar-refractivity contribution in [2.24, 2.45) is 4.74 Å². The first-order valence-electron chi connectivity index (χ1n) is 12.1. The van der Waals surface area contributed by atoms with E-state index in [1.807, 2.05) is 18.2 Å². The van der Waals surface area contributed by atoms with Gasteiger partial charge in [0, 0.05) is 37.7 Å². The van der Waals surface area contributed by atoms with Gasteiger partial charge in [-0.3, -0.25) is 0 Å². The first-order valence-corrected chi connectivity index (χ1v) is 14.7. The second-order valence-corrected chi connectivity index (χ2v) is 13.3. The summed E-state index contributed by atoms with van der Waals surface area (Å²) in [6.45, 7) is 4.40. The Labute approximate surface area is 217 Å². The van der Waals surface area contributed by atoms with E-state index < -0.39 is 7.05 Å². The number of hydrogen-bond acceptors (Lipinski definition) is 4. The first-order chi connectivity index (χ1) is 17.7. The number of nitrogens with zero attached hydrogens (tertiary/aromatic N) is 3. The van der Waals surface area contributed by atoms with Crippen molar-refractivity contribution in [2.75, 3.05) is 0 Å². The Kier molecular flexibility index (Phi) is 7.46. The molecule has 3 nitrogen and oxygen atoms in total. The Morgan fingerprint density at radius 1 is 0.611 bits per heavy atom. The van der Waals surface area contributed by atoms with Crippen molar-refractivity contribution >= 4 is 40.5 Å². The van der Waals surface area contributed by atoms with E-state index >= 15 is 0 Å². The number of benzene rings is 4. The zero-order valence-electron chi connectivity index (χ0n) is 20.4. The van der Waals surface area contributed by atoms with Crippen molar-refractivity contribution in [1.82, 2.24) is 10.2 Å². The molecule has 5 aromatic rings. The molecular weight excluding hydrogens is 477 g/mol. The molecule has 0 aliphatic carbocycles. The first kappa shape index (κ1) is 24.2. The van der Waals surface area contributed by atoms with Gasteiger partial charge < -0.3 is 0 Å². The lowest BCUT2D eigenvalue weighted by atomic mass is 10.1. The maximum Gasteiger partial charge on any atom is 0.175 e. The molecule has 1 heterocycles. The van der Waals surface area contributed by atoms with Crippen LogP contribution in [0.5, 0.6) is 0 Å². The highest BCUT2D eigenvalue weighted by Gasteiger charge is 2.28. The molecule has 0 aliphatic rings. The van der Waals surface area contributed by atoms with Crippen molar-refractivity contribution in [1.29, 1.82) is 0 Å². The molecule has 0 aliphatic heterocycles. The van der Waals surface area contributed by atoms with Gasteiger partial charge in [-0.2, -0.15) is 0 Å². The number of hydrogen-bond donors (Lipinski definition) is 0. The molecule has 0 atom stereocenters. The third kappa shape index (κ3) is 5.06. The smallest absolute Gasteiger partial charge is 0.175 e. The summed E-state index contributed by atoms with van der Waals surface area (Å²) in [7, 11) is -2.40. The molecule has 0 unspecified atom stereocenters. The molecule has 0 saturated heterocycles. The average molecular weight is 506 g/mol. The molecular formula is C31H28N3PS. The van der Waals surface area contributed by atoms with Crippen LogP contribution in [0.25, 0.3) is 11.3 Å². The van der Waals surface area contributed by atoms with Crippen LogP contribution in [0.4, 0.5) is 5.82 Å². The summed E-state index contributed by atoms with van der Waals surface area (Å²) in [5, 5.41) is 13.4. The lowest BCUT2D eigenvalue weighted by Crippen LogP contribution is -2.25. The highest BCUT2D eigenvalue weighted by Crippen LogP contribution is 2.49. The van der Waals surface area contributed by atoms with Gasteiger partial charge in [-0.15, -0.1) is 22.0 Å². The molecule has 5 rings (SSSR count). The molecule has 178 valence electrons. The van der Waals surface area contributed by atoms with E-state index in [0.717, 1.165) is 16.2 Å². The minimum Gasteiger partial charge on any atom is -0.233 e. The Balaban J connectivity index is 1.81. The topological polar surface area (TPSA) is 38.1 Å². The molecule has 0 bridgehead atoms. The van der Waals surface area contributed by atoms with Crippen LogP contribution in [-0.2, 0) is 0 Å². The van der Waals surface area contributed by atoms with Gasteiger partial charge in [-0.1, -0.05) is 135 Å². The second kappa shape index (κ2) is 11.1. The quantitative estimate of drug-likeness (QED) is 0.170. The number of aromatic nitrogens is 2. The maximum atomic E-state index is 5.53. The third-order valence-electron chi connectivity index (χ3n) is 5.80. The van der Waals surface area contributed by atoms with Crippen molar-refractivity contribution < 1.29 is 0 Å². The minimum atomic E-state index is -2.40. The normalized spacial score (nSPS) is 11.4. The van der Waals surface area contributed by atoms with E-state index in [9.17, 15) is 0 Å². The van der Waals surface area contributed by atoms with Gasteiger partial charge in [0.15, 0.2) is 5.82 Å². The van der Waals surface area contributed by atoms with Crippen LogP contribution in [0.1, 0.15) is 13.8 Å². The fourth-order valence-corrected chi connectivity index (χ4v) is 8.67. The molecule has 36 heavy (non-hydrogen) atoms. The van der Waals surface area contributed by atoms with Gasteiger partial charge in [0.1, 0.15) is 5.69 Å². The molecule has 5 heteroatoms. The standard InChI is InChI=1S/C31H28N3PS/c1-24(2)36-29-23-30(32-33-31(29)25-15-7-3-8-16-25)34-35(26-17-9-4-10-18-26,27-19-11-5-12-20-27)28-21-13-6-14-22-28/h3-24H,1-2H3. The Morgan fingerprint density at radius 3 is 1.50 bits per heavy atom. The SMILES string of the molecule is CC(C)Sc1cc(N=P(c2ccccc2)(c2ccccc2)c2ccccc2)nnc1-c1ccccc1. The van der Waals surface area contributed by atoms with Gasteiger partial charge in [0.2, 0.25) is 0 Å². The zero-order valence-corrected chi connectivity index (χ0v) is 22.1. The third-order valence-corrected chi connectivity index (χ3v) is 10.5. The largest absolute Gasteiger partial charge is 0.233 e. The fraction of sp³-hybridized carbons (Fsp3) is 0.0968. The van der Waals surface area contributed by atoms with Crippen LogP contribution in [-0.4, -0.2) is 15.4 Å².